The van der Waals surface area contributed by atoms with E-state index < -0.39 is 5.60 Å². The molecule has 0 saturated heterocycles. The number of hydrogen-bond acceptors (Lipinski definition) is 3. The third-order valence-corrected chi connectivity index (χ3v) is 3.67. The van der Waals surface area contributed by atoms with Crippen LogP contribution in [0.1, 0.15) is 36.0 Å². The van der Waals surface area contributed by atoms with Crippen molar-refractivity contribution in [2.75, 3.05) is 6.54 Å². The van der Waals surface area contributed by atoms with Crippen molar-refractivity contribution in [3.8, 4) is 0 Å². The molecule has 4 nitrogen and oxygen atoms in total. The fourth-order valence-electron chi connectivity index (χ4n) is 2.13. The van der Waals surface area contributed by atoms with E-state index >= 15 is 0 Å². The molecule has 1 heterocycles. The number of halogens is 2. The number of aromatic nitrogens is 1. The largest absolute Gasteiger partial charge is 0.388 e. The summed E-state index contributed by atoms with van der Waals surface area (Å²) < 4.78 is 0. The second-order valence-corrected chi connectivity index (χ2v) is 5.33. The molecule has 0 aliphatic heterocycles. The minimum Gasteiger partial charge on any atom is -0.388 e. The summed E-state index contributed by atoms with van der Waals surface area (Å²) >= 11 is 11.5. The van der Waals surface area contributed by atoms with Gasteiger partial charge in [-0.05, 0) is 25.0 Å². The molecule has 18 heavy (non-hydrogen) atoms. The van der Waals surface area contributed by atoms with E-state index in [1.165, 1.54) is 12.1 Å². The van der Waals surface area contributed by atoms with Crippen LogP contribution >= 0.6 is 23.2 Å². The zero-order valence-corrected chi connectivity index (χ0v) is 11.3. The molecule has 2 rings (SSSR count). The van der Waals surface area contributed by atoms with Crippen LogP contribution < -0.4 is 5.32 Å². The first kappa shape index (κ1) is 13.6. The predicted molar refractivity (Wildman–Crippen MR) is 70.0 cm³/mol. The van der Waals surface area contributed by atoms with Crippen molar-refractivity contribution in [1.29, 1.82) is 0 Å². The van der Waals surface area contributed by atoms with Gasteiger partial charge < -0.3 is 10.4 Å². The van der Waals surface area contributed by atoms with Crippen molar-refractivity contribution in [2.24, 2.45) is 0 Å². The zero-order chi connectivity index (χ0) is 13.2. The summed E-state index contributed by atoms with van der Waals surface area (Å²) in [6.07, 6.45) is 3.44. The summed E-state index contributed by atoms with van der Waals surface area (Å²) in [6, 6.07) is 3.03. The molecule has 1 aliphatic carbocycles. The van der Waals surface area contributed by atoms with E-state index in [0.717, 1.165) is 25.7 Å². The Morgan fingerprint density at radius 1 is 1.39 bits per heavy atom. The normalized spacial score (nSPS) is 17.7. The zero-order valence-electron chi connectivity index (χ0n) is 9.75. The van der Waals surface area contributed by atoms with E-state index in [2.05, 4.69) is 10.3 Å². The molecule has 1 saturated carbocycles. The maximum absolute atomic E-state index is 11.9. The molecule has 2 N–H and O–H groups in total. The summed E-state index contributed by atoms with van der Waals surface area (Å²) in [4.78, 5) is 15.7. The van der Waals surface area contributed by atoms with E-state index in [0.29, 0.717) is 0 Å². The Balaban J connectivity index is 1.99. The molecular formula is C12H14Cl2N2O2. The molecule has 6 heteroatoms. The van der Waals surface area contributed by atoms with Crippen LogP contribution in [0.15, 0.2) is 12.1 Å². The van der Waals surface area contributed by atoms with E-state index in [9.17, 15) is 9.90 Å². The highest BCUT2D eigenvalue weighted by molar-refractivity contribution is 6.34. The van der Waals surface area contributed by atoms with Crippen molar-refractivity contribution in [3.63, 3.8) is 0 Å². The maximum Gasteiger partial charge on any atom is 0.254 e. The van der Waals surface area contributed by atoms with Crippen molar-refractivity contribution >= 4 is 29.1 Å². The topological polar surface area (TPSA) is 62.2 Å². The molecule has 98 valence electrons. The van der Waals surface area contributed by atoms with Crippen LogP contribution in [0.5, 0.6) is 0 Å². The van der Waals surface area contributed by atoms with Crippen molar-refractivity contribution in [2.45, 2.75) is 31.3 Å². The van der Waals surface area contributed by atoms with Gasteiger partial charge in [0.1, 0.15) is 10.3 Å². The molecule has 0 spiro atoms. The number of rotatable bonds is 3. The summed E-state index contributed by atoms with van der Waals surface area (Å²) in [7, 11) is 0. The summed E-state index contributed by atoms with van der Waals surface area (Å²) in [6.45, 7) is 0.241. The van der Waals surface area contributed by atoms with Gasteiger partial charge in [-0.2, -0.15) is 0 Å². The predicted octanol–water partition coefficient (Wildman–Crippen LogP) is 2.42. The third-order valence-electron chi connectivity index (χ3n) is 3.17. The number of amides is 1. The first-order valence-electron chi connectivity index (χ1n) is 5.83. The molecule has 0 aromatic carbocycles. The Morgan fingerprint density at radius 2 is 2.06 bits per heavy atom. The number of carbonyl (C=O) groups excluding carboxylic acids is 1. The van der Waals surface area contributed by atoms with Crippen molar-refractivity contribution in [1.82, 2.24) is 10.3 Å². The van der Waals surface area contributed by atoms with Gasteiger partial charge in [-0.3, -0.25) is 4.79 Å². The van der Waals surface area contributed by atoms with Crippen LogP contribution in [0, 0.1) is 0 Å². The summed E-state index contributed by atoms with van der Waals surface area (Å²) in [5.41, 5.74) is -0.509. The summed E-state index contributed by atoms with van der Waals surface area (Å²) in [5, 5.41) is 13.1. The van der Waals surface area contributed by atoms with Crippen LogP contribution in [0.4, 0.5) is 0 Å². The minimum absolute atomic E-state index is 0.0680. The average molecular weight is 289 g/mol. The number of hydrogen-bond donors (Lipinski definition) is 2. The fourth-order valence-corrected chi connectivity index (χ4v) is 2.56. The van der Waals surface area contributed by atoms with E-state index in [1.807, 2.05) is 0 Å². The average Bonchev–Trinajstić information content (AvgIpc) is 2.74. The molecule has 0 atom stereocenters. The molecule has 1 aliphatic rings. The molecule has 0 unspecified atom stereocenters. The molecule has 0 radical (unpaired) electrons. The number of pyridine rings is 1. The Morgan fingerprint density at radius 3 is 2.67 bits per heavy atom. The molecule has 0 bridgehead atoms. The van der Waals surface area contributed by atoms with Crippen LogP contribution in [-0.2, 0) is 0 Å². The number of aliphatic hydroxyl groups is 1. The van der Waals surface area contributed by atoms with E-state index in [-0.39, 0.29) is 28.3 Å². The first-order chi connectivity index (χ1) is 8.50. The monoisotopic (exact) mass is 288 g/mol. The fraction of sp³-hybridized carbons (Fsp3) is 0.500. The molecular weight excluding hydrogens is 275 g/mol. The summed E-state index contributed by atoms with van der Waals surface area (Å²) in [5.74, 6) is -0.343. The second kappa shape index (κ2) is 5.43. The van der Waals surface area contributed by atoms with Gasteiger partial charge in [0.15, 0.2) is 0 Å². The van der Waals surface area contributed by atoms with Gasteiger partial charge in [-0.25, -0.2) is 4.98 Å². The maximum atomic E-state index is 11.9. The van der Waals surface area contributed by atoms with Gasteiger partial charge in [0.25, 0.3) is 5.91 Å². The molecule has 1 aromatic rings. The smallest absolute Gasteiger partial charge is 0.254 e. The Bertz CT molecular complexity index is 459. The van der Waals surface area contributed by atoms with Crippen LogP contribution in [0.2, 0.25) is 10.3 Å². The van der Waals surface area contributed by atoms with Gasteiger partial charge in [-0.15, -0.1) is 0 Å². The highest BCUT2D eigenvalue weighted by atomic mass is 35.5. The quantitative estimate of drug-likeness (QED) is 0.840. The first-order valence-corrected chi connectivity index (χ1v) is 6.58. The van der Waals surface area contributed by atoms with Gasteiger partial charge in [0.2, 0.25) is 0 Å². The molecule has 1 fully saturated rings. The van der Waals surface area contributed by atoms with Gasteiger partial charge >= 0.3 is 0 Å². The Labute approximate surface area is 115 Å². The highest BCUT2D eigenvalue weighted by Crippen LogP contribution is 2.28. The minimum atomic E-state index is -0.776. The number of nitrogens with zero attached hydrogens (tertiary/aromatic N) is 1. The Hall–Kier alpha value is -0.840. The number of carbonyl (C=O) groups is 1. The van der Waals surface area contributed by atoms with Crippen LogP contribution in [0.25, 0.3) is 0 Å². The van der Waals surface area contributed by atoms with Gasteiger partial charge in [0.05, 0.1) is 11.2 Å². The van der Waals surface area contributed by atoms with E-state index in [1.54, 1.807) is 0 Å². The molecule has 1 aromatic heterocycles. The Kier molecular flexibility index (Phi) is 4.10. The SMILES string of the molecule is O=C(NCC1(O)CCCC1)c1ccc(Cl)nc1Cl. The number of nitrogens with one attached hydrogen (secondary N) is 1. The van der Waals surface area contributed by atoms with Gasteiger partial charge in [0, 0.05) is 6.54 Å². The lowest BCUT2D eigenvalue weighted by atomic mass is 10.0. The van der Waals surface area contributed by atoms with Gasteiger partial charge in [-0.1, -0.05) is 36.0 Å². The second-order valence-electron chi connectivity index (χ2n) is 4.59. The standard InChI is InChI=1S/C12H14Cl2N2O2/c13-9-4-3-8(10(14)16-9)11(17)15-7-12(18)5-1-2-6-12/h3-4,18H,1-2,5-7H2,(H,15,17). The van der Waals surface area contributed by atoms with Crippen molar-refractivity contribution < 1.29 is 9.90 Å². The van der Waals surface area contributed by atoms with Crippen LogP contribution in [-0.4, -0.2) is 28.1 Å². The lowest BCUT2D eigenvalue weighted by Crippen LogP contribution is -2.40. The van der Waals surface area contributed by atoms with Crippen molar-refractivity contribution in [3.05, 3.63) is 28.0 Å². The lowest BCUT2D eigenvalue weighted by molar-refractivity contribution is 0.0449. The lowest BCUT2D eigenvalue weighted by Gasteiger charge is -2.22. The third kappa shape index (κ3) is 3.13. The van der Waals surface area contributed by atoms with Crippen LogP contribution in [0.3, 0.4) is 0 Å². The molecule has 1 amide bonds. The van der Waals surface area contributed by atoms with E-state index in [4.69, 9.17) is 23.2 Å². The highest BCUT2D eigenvalue weighted by Gasteiger charge is 2.31.